The highest BCUT2D eigenvalue weighted by Crippen LogP contribution is 2.42. The van der Waals surface area contributed by atoms with E-state index in [0.29, 0.717) is 0 Å². The van der Waals surface area contributed by atoms with Gasteiger partial charge in [0.15, 0.2) is 0 Å². The highest BCUT2D eigenvalue weighted by molar-refractivity contribution is 5.70. The average Bonchev–Trinajstić information content (AvgIpc) is 2.86. The fourth-order valence-electron chi connectivity index (χ4n) is 3.01. The Bertz CT molecular complexity index is 339. The van der Waals surface area contributed by atoms with Gasteiger partial charge >= 0.3 is 5.97 Å². The molecule has 2 atom stereocenters. The molecule has 0 saturated heterocycles. The number of carbonyl (C=O) groups is 1. The van der Waals surface area contributed by atoms with Crippen LogP contribution in [0.5, 0.6) is 0 Å². The molecule has 2 rings (SSSR count). The zero-order valence-corrected chi connectivity index (χ0v) is 10.3. The predicted molar refractivity (Wildman–Crippen MR) is 65.3 cm³/mol. The summed E-state index contributed by atoms with van der Waals surface area (Å²) in [5.74, 6) is -0.132. The van der Waals surface area contributed by atoms with Gasteiger partial charge in [0.05, 0.1) is 19.1 Å². The molecule has 2 unspecified atom stereocenters. The second-order valence-electron chi connectivity index (χ2n) is 5.00. The predicted octanol–water partition coefficient (Wildman–Crippen LogP) is 2.21. The number of rotatable bonds is 3. The maximum Gasteiger partial charge on any atom is 0.306 e. The van der Waals surface area contributed by atoms with Crippen LogP contribution in [0, 0.1) is 11.8 Å². The van der Waals surface area contributed by atoms with Gasteiger partial charge in [0.1, 0.15) is 0 Å². The Hall–Kier alpha value is -1.09. The van der Waals surface area contributed by atoms with Gasteiger partial charge in [-0.15, -0.1) is 0 Å². The van der Waals surface area contributed by atoms with E-state index in [0.717, 1.165) is 12.8 Å². The Morgan fingerprint density at radius 2 is 2.12 bits per heavy atom. The lowest BCUT2D eigenvalue weighted by molar-refractivity contribution is -0.143. The number of carbonyl (C=O) groups excluding carboxylic acids is 1. The monoisotopic (exact) mass is 236 g/mol. The summed E-state index contributed by atoms with van der Waals surface area (Å²) in [6, 6.07) is 0. The molecule has 0 aromatic heterocycles. The molecule has 1 fully saturated rings. The summed E-state index contributed by atoms with van der Waals surface area (Å²) in [7, 11) is 1.39. The van der Waals surface area contributed by atoms with Crippen molar-refractivity contribution in [1.29, 1.82) is 0 Å². The van der Waals surface area contributed by atoms with Crippen LogP contribution in [0.4, 0.5) is 0 Å². The minimum atomic E-state index is -0.862. The maximum absolute atomic E-state index is 11.4. The van der Waals surface area contributed by atoms with E-state index in [2.05, 4.69) is 0 Å². The first kappa shape index (κ1) is 12.4. The van der Waals surface area contributed by atoms with Gasteiger partial charge in [-0.3, -0.25) is 4.79 Å². The number of ether oxygens (including phenoxy) is 1. The number of esters is 1. The number of allylic oxidation sites excluding steroid dienone is 2. The van der Waals surface area contributed by atoms with E-state index in [1.54, 1.807) is 0 Å². The molecule has 2 aliphatic rings. The van der Waals surface area contributed by atoms with Crippen LogP contribution >= 0.6 is 0 Å². The van der Waals surface area contributed by atoms with Crippen LogP contribution in [-0.2, 0) is 9.53 Å². The molecule has 0 radical (unpaired) electrons. The molecular formula is C14H20O3. The lowest BCUT2D eigenvalue weighted by Crippen LogP contribution is -2.43. The first-order valence-electron chi connectivity index (χ1n) is 6.32. The molecular weight excluding hydrogens is 216 g/mol. The standard InChI is InChI=1S/C14H20O3/c1-17-13(15)10-12-8-4-5-9-14(12,16)11-6-2-3-7-11/h4-5,8-9,11-12,16H,2-3,6-7,10H2,1H3. The van der Waals surface area contributed by atoms with Crippen LogP contribution in [0.15, 0.2) is 24.3 Å². The Balaban J connectivity index is 2.14. The van der Waals surface area contributed by atoms with Crippen molar-refractivity contribution in [3.05, 3.63) is 24.3 Å². The maximum atomic E-state index is 11.4. The third-order valence-electron chi connectivity index (χ3n) is 4.04. The highest BCUT2D eigenvalue weighted by atomic mass is 16.5. The third kappa shape index (κ3) is 2.44. The van der Waals surface area contributed by atoms with Crippen molar-refractivity contribution >= 4 is 5.97 Å². The zero-order chi connectivity index (χ0) is 12.3. The lowest BCUT2D eigenvalue weighted by Gasteiger charge is -2.38. The number of aliphatic hydroxyl groups is 1. The topological polar surface area (TPSA) is 46.5 Å². The van der Waals surface area contributed by atoms with Crippen molar-refractivity contribution in [3.63, 3.8) is 0 Å². The van der Waals surface area contributed by atoms with Crippen LogP contribution in [0.25, 0.3) is 0 Å². The second kappa shape index (κ2) is 5.05. The second-order valence-corrected chi connectivity index (χ2v) is 5.00. The molecule has 0 aromatic rings. The van der Waals surface area contributed by atoms with E-state index in [4.69, 9.17) is 4.74 Å². The van der Waals surface area contributed by atoms with Gasteiger partial charge in [0.2, 0.25) is 0 Å². The van der Waals surface area contributed by atoms with Crippen LogP contribution in [0.3, 0.4) is 0 Å². The van der Waals surface area contributed by atoms with Gasteiger partial charge in [0, 0.05) is 5.92 Å². The molecule has 0 amide bonds. The molecule has 94 valence electrons. The molecule has 1 saturated carbocycles. The van der Waals surface area contributed by atoms with E-state index in [1.807, 2.05) is 24.3 Å². The quantitative estimate of drug-likeness (QED) is 0.764. The van der Waals surface area contributed by atoms with Gasteiger partial charge in [-0.05, 0) is 18.8 Å². The average molecular weight is 236 g/mol. The molecule has 0 heterocycles. The minimum absolute atomic E-state index is 0.150. The minimum Gasteiger partial charge on any atom is -0.469 e. The smallest absolute Gasteiger partial charge is 0.306 e. The first-order valence-corrected chi connectivity index (χ1v) is 6.32. The first-order chi connectivity index (χ1) is 8.16. The molecule has 3 heteroatoms. The van der Waals surface area contributed by atoms with Gasteiger partial charge in [-0.25, -0.2) is 0 Å². The summed E-state index contributed by atoms with van der Waals surface area (Å²) in [6.07, 6.45) is 12.3. The van der Waals surface area contributed by atoms with Gasteiger partial charge in [-0.1, -0.05) is 37.1 Å². The van der Waals surface area contributed by atoms with Crippen LogP contribution < -0.4 is 0 Å². The van der Waals surface area contributed by atoms with Gasteiger partial charge < -0.3 is 9.84 Å². The lowest BCUT2D eigenvalue weighted by atomic mass is 9.72. The third-order valence-corrected chi connectivity index (χ3v) is 4.04. The van der Waals surface area contributed by atoms with Crippen molar-refractivity contribution < 1.29 is 14.6 Å². The molecule has 0 bridgehead atoms. The van der Waals surface area contributed by atoms with Crippen LogP contribution in [-0.4, -0.2) is 23.8 Å². The van der Waals surface area contributed by atoms with Crippen molar-refractivity contribution in [2.75, 3.05) is 7.11 Å². The highest BCUT2D eigenvalue weighted by Gasteiger charge is 2.43. The largest absolute Gasteiger partial charge is 0.469 e. The summed E-state index contributed by atoms with van der Waals surface area (Å²) in [5, 5.41) is 10.8. The Morgan fingerprint density at radius 1 is 1.41 bits per heavy atom. The summed E-state index contributed by atoms with van der Waals surface area (Å²) in [6.45, 7) is 0. The fourth-order valence-corrected chi connectivity index (χ4v) is 3.01. The molecule has 17 heavy (non-hydrogen) atoms. The normalized spacial score (nSPS) is 32.9. The summed E-state index contributed by atoms with van der Waals surface area (Å²) >= 11 is 0. The van der Waals surface area contributed by atoms with E-state index in [9.17, 15) is 9.90 Å². The molecule has 3 nitrogen and oxygen atoms in total. The van der Waals surface area contributed by atoms with E-state index in [1.165, 1.54) is 20.0 Å². The molecule has 2 aliphatic carbocycles. The Kier molecular flexibility index (Phi) is 3.67. The number of methoxy groups -OCH3 is 1. The van der Waals surface area contributed by atoms with E-state index < -0.39 is 5.60 Å². The summed E-state index contributed by atoms with van der Waals surface area (Å²) < 4.78 is 4.70. The van der Waals surface area contributed by atoms with Crippen molar-refractivity contribution in [2.45, 2.75) is 37.7 Å². The SMILES string of the molecule is COC(=O)CC1C=CC=CC1(O)C1CCCC1. The Labute approximate surface area is 102 Å². The van der Waals surface area contributed by atoms with Gasteiger partial charge in [0.25, 0.3) is 0 Å². The molecule has 0 spiro atoms. The number of hydrogen-bond donors (Lipinski definition) is 1. The van der Waals surface area contributed by atoms with E-state index in [-0.39, 0.29) is 24.2 Å². The van der Waals surface area contributed by atoms with Crippen molar-refractivity contribution in [2.24, 2.45) is 11.8 Å². The van der Waals surface area contributed by atoms with E-state index >= 15 is 0 Å². The van der Waals surface area contributed by atoms with Crippen LogP contribution in [0.2, 0.25) is 0 Å². The number of hydrogen-bond acceptors (Lipinski definition) is 3. The fraction of sp³-hybridized carbons (Fsp3) is 0.643. The Morgan fingerprint density at radius 3 is 2.76 bits per heavy atom. The summed E-state index contributed by atoms with van der Waals surface area (Å²) in [5.41, 5.74) is -0.862. The molecule has 0 aliphatic heterocycles. The summed E-state index contributed by atoms with van der Waals surface area (Å²) in [4.78, 5) is 11.4. The van der Waals surface area contributed by atoms with Crippen LogP contribution in [0.1, 0.15) is 32.1 Å². The molecule has 0 aromatic carbocycles. The van der Waals surface area contributed by atoms with Gasteiger partial charge in [-0.2, -0.15) is 0 Å². The van der Waals surface area contributed by atoms with Crippen molar-refractivity contribution in [3.8, 4) is 0 Å². The zero-order valence-electron chi connectivity index (χ0n) is 10.3. The van der Waals surface area contributed by atoms with Crippen molar-refractivity contribution in [1.82, 2.24) is 0 Å². The molecule has 1 N–H and O–H groups in total.